The number of aromatic carboxylic acids is 1. The van der Waals surface area contributed by atoms with Crippen LogP contribution >= 0.6 is 0 Å². The summed E-state index contributed by atoms with van der Waals surface area (Å²) in [7, 11) is 0. The van der Waals surface area contributed by atoms with Gasteiger partial charge in [-0.3, -0.25) is 9.59 Å². The largest absolute Gasteiger partial charge is 0.478 e. The molecule has 0 radical (unpaired) electrons. The fourth-order valence-electron chi connectivity index (χ4n) is 3.17. The predicted octanol–water partition coefficient (Wildman–Crippen LogP) is 2.24. The monoisotopic (exact) mass is 352 g/mol. The zero-order chi connectivity index (χ0) is 18.5. The van der Waals surface area contributed by atoms with Gasteiger partial charge in [-0.25, -0.2) is 4.79 Å². The summed E-state index contributed by atoms with van der Waals surface area (Å²) in [6, 6.07) is 15.2. The summed E-state index contributed by atoms with van der Waals surface area (Å²) in [5.41, 5.74) is 1.34. The third-order valence-electron chi connectivity index (χ3n) is 4.44. The highest BCUT2D eigenvalue weighted by Crippen LogP contribution is 2.21. The summed E-state index contributed by atoms with van der Waals surface area (Å²) in [6.45, 7) is 0.622. The van der Waals surface area contributed by atoms with E-state index in [0.717, 1.165) is 12.1 Å². The van der Waals surface area contributed by atoms with Crippen molar-refractivity contribution in [3.63, 3.8) is 0 Å². The summed E-state index contributed by atoms with van der Waals surface area (Å²) in [5, 5.41) is 12.0. The normalized spacial score (nSPS) is 17.0. The van der Waals surface area contributed by atoms with Crippen LogP contribution in [0.25, 0.3) is 0 Å². The van der Waals surface area contributed by atoms with Crippen LogP contribution < -0.4 is 10.2 Å². The fourth-order valence-corrected chi connectivity index (χ4v) is 3.17. The number of carbonyl (C=O) groups is 3. The number of carboxylic acid groups (broad SMARTS) is 1. The molecule has 2 amide bonds. The topological polar surface area (TPSA) is 86.7 Å². The van der Waals surface area contributed by atoms with Crippen molar-refractivity contribution in [2.24, 2.45) is 0 Å². The van der Waals surface area contributed by atoms with Crippen molar-refractivity contribution in [2.75, 3.05) is 11.4 Å². The third-order valence-corrected chi connectivity index (χ3v) is 4.44. The maximum atomic E-state index is 12.7. The Hall–Kier alpha value is -3.15. The van der Waals surface area contributed by atoms with Gasteiger partial charge in [0.25, 0.3) is 0 Å². The molecule has 2 aromatic rings. The Morgan fingerprint density at radius 1 is 1.08 bits per heavy atom. The average Bonchev–Trinajstić information content (AvgIpc) is 2.64. The molecule has 2 N–H and O–H groups in total. The van der Waals surface area contributed by atoms with Crippen LogP contribution in [0.3, 0.4) is 0 Å². The molecule has 3 rings (SSSR count). The minimum Gasteiger partial charge on any atom is -0.478 e. The Bertz CT molecular complexity index is 820. The van der Waals surface area contributed by atoms with Crippen molar-refractivity contribution in [3.8, 4) is 0 Å². The summed E-state index contributed by atoms with van der Waals surface area (Å²) >= 11 is 0. The van der Waals surface area contributed by atoms with E-state index in [1.54, 1.807) is 23.1 Å². The lowest BCUT2D eigenvalue weighted by Gasteiger charge is -2.32. The number of hydrogen-bond acceptors (Lipinski definition) is 3. The smallest absolute Gasteiger partial charge is 0.335 e. The lowest BCUT2D eigenvalue weighted by molar-refractivity contribution is -0.128. The molecule has 1 atom stereocenters. The van der Waals surface area contributed by atoms with Crippen molar-refractivity contribution in [2.45, 2.75) is 25.3 Å². The molecule has 134 valence electrons. The van der Waals surface area contributed by atoms with Crippen molar-refractivity contribution >= 4 is 23.5 Å². The van der Waals surface area contributed by atoms with E-state index in [2.05, 4.69) is 5.32 Å². The van der Waals surface area contributed by atoms with E-state index in [9.17, 15) is 19.5 Å². The molecule has 0 aliphatic carbocycles. The standard InChI is InChI=1S/C20H20N2O4/c23-18(13-14-7-4-5-10-16(14)20(25)26)21-17-11-6-12-22(19(17)24)15-8-2-1-3-9-15/h1-5,7-10,17H,6,11-13H2,(H,21,23)(H,25,26). The van der Waals surface area contributed by atoms with Crippen LogP contribution in [0, 0.1) is 0 Å². The molecular weight excluding hydrogens is 332 g/mol. The maximum absolute atomic E-state index is 12.7. The zero-order valence-electron chi connectivity index (χ0n) is 14.2. The predicted molar refractivity (Wildman–Crippen MR) is 97.1 cm³/mol. The number of hydrogen-bond donors (Lipinski definition) is 2. The van der Waals surface area contributed by atoms with Crippen LogP contribution in [0.4, 0.5) is 5.69 Å². The Kier molecular flexibility index (Phi) is 5.31. The first-order chi connectivity index (χ1) is 12.6. The second kappa shape index (κ2) is 7.82. The maximum Gasteiger partial charge on any atom is 0.335 e. The van der Waals surface area contributed by atoms with Gasteiger partial charge < -0.3 is 15.3 Å². The molecule has 0 saturated carbocycles. The highest BCUT2D eigenvalue weighted by atomic mass is 16.4. The van der Waals surface area contributed by atoms with Gasteiger partial charge in [0.15, 0.2) is 0 Å². The minimum atomic E-state index is -1.07. The molecule has 26 heavy (non-hydrogen) atoms. The summed E-state index contributed by atoms with van der Waals surface area (Å²) in [4.78, 5) is 38.0. The number of anilines is 1. The Morgan fingerprint density at radius 3 is 2.50 bits per heavy atom. The SMILES string of the molecule is O=C(Cc1ccccc1C(=O)O)NC1CCCN(c2ccccc2)C1=O. The second-order valence-corrected chi connectivity index (χ2v) is 6.23. The number of carbonyl (C=O) groups excluding carboxylic acids is 2. The average molecular weight is 352 g/mol. The minimum absolute atomic E-state index is 0.0718. The van der Waals surface area contributed by atoms with Gasteiger partial charge in [0.05, 0.1) is 12.0 Å². The molecular formula is C20H20N2O4. The van der Waals surface area contributed by atoms with Gasteiger partial charge in [0, 0.05) is 12.2 Å². The van der Waals surface area contributed by atoms with Crippen LogP contribution in [-0.2, 0) is 16.0 Å². The van der Waals surface area contributed by atoms with Crippen LogP contribution in [-0.4, -0.2) is 35.5 Å². The van der Waals surface area contributed by atoms with Gasteiger partial charge in [0.2, 0.25) is 11.8 Å². The van der Waals surface area contributed by atoms with E-state index >= 15 is 0 Å². The Morgan fingerprint density at radius 2 is 1.77 bits per heavy atom. The van der Waals surface area contributed by atoms with Gasteiger partial charge in [-0.2, -0.15) is 0 Å². The molecule has 2 aromatic carbocycles. The molecule has 6 nitrogen and oxygen atoms in total. The van der Waals surface area contributed by atoms with E-state index in [1.807, 2.05) is 30.3 Å². The number of rotatable bonds is 5. The van der Waals surface area contributed by atoms with Crippen molar-refractivity contribution in [3.05, 3.63) is 65.7 Å². The number of carboxylic acids is 1. The molecule has 0 bridgehead atoms. The highest BCUT2D eigenvalue weighted by molar-refractivity contribution is 6.00. The lowest BCUT2D eigenvalue weighted by Crippen LogP contribution is -2.52. The molecule has 1 aliphatic rings. The first-order valence-electron chi connectivity index (χ1n) is 8.53. The molecule has 0 aromatic heterocycles. The van der Waals surface area contributed by atoms with Crippen LogP contribution in [0.15, 0.2) is 54.6 Å². The summed E-state index contributed by atoms with van der Waals surface area (Å²) in [6.07, 6.45) is 1.30. The van der Waals surface area contributed by atoms with Gasteiger partial charge in [0.1, 0.15) is 6.04 Å². The van der Waals surface area contributed by atoms with E-state index in [1.165, 1.54) is 6.07 Å². The molecule has 6 heteroatoms. The van der Waals surface area contributed by atoms with Crippen molar-refractivity contribution in [1.29, 1.82) is 0 Å². The summed E-state index contributed by atoms with van der Waals surface area (Å²) in [5.74, 6) is -1.56. The first kappa shape index (κ1) is 17.7. The highest BCUT2D eigenvalue weighted by Gasteiger charge is 2.30. The van der Waals surface area contributed by atoms with Crippen molar-refractivity contribution in [1.82, 2.24) is 5.32 Å². The number of amides is 2. The second-order valence-electron chi connectivity index (χ2n) is 6.23. The number of para-hydroxylation sites is 1. The number of nitrogens with one attached hydrogen (secondary N) is 1. The molecule has 1 heterocycles. The Labute approximate surface area is 151 Å². The number of nitrogens with zero attached hydrogens (tertiary/aromatic N) is 1. The van der Waals surface area contributed by atoms with Crippen LogP contribution in [0.2, 0.25) is 0 Å². The van der Waals surface area contributed by atoms with Gasteiger partial charge in [-0.1, -0.05) is 36.4 Å². The first-order valence-corrected chi connectivity index (χ1v) is 8.53. The van der Waals surface area contributed by atoms with Gasteiger partial charge in [-0.15, -0.1) is 0 Å². The summed E-state index contributed by atoms with van der Waals surface area (Å²) < 4.78 is 0. The number of piperidine rings is 1. The van der Waals surface area contributed by atoms with Crippen LogP contribution in [0.5, 0.6) is 0 Å². The molecule has 1 saturated heterocycles. The zero-order valence-corrected chi connectivity index (χ0v) is 14.2. The third kappa shape index (κ3) is 3.91. The quantitative estimate of drug-likeness (QED) is 0.864. The van der Waals surface area contributed by atoms with E-state index in [4.69, 9.17) is 0 Å². The lowest BCUT2D eigenvalue weighted by atomic mass is 10.0. The fraction of sp³-hybridized carbons (Fsp3) is 0.250. The van der Waals surface area contributed by atoms with Crippen LogP contribution in [0.1, 0.15) is 28.8 Å². The van der Waals surface area contributed by atoms with E-state index in [0.29, 0.717) is 18.5 Å². The number of benzene rings is 2. The van der Waals surface area contributed by atoms with Gasteiger partial charge >= 0.3 is 5.97 Å². The van der Waals surface area contributed by atoms with Gasteiger partial charge in [-0.05, 0) is 36.6 Å². The molecule has 0 spiro atoms. The van der Waals surface area contributed by atoms with E-state index in [-0.39, 0.29) is 23.8 Å². The Balaban J connectivity index is 1.68. The molecule has 1 unspecified atom stereocenters. The molecule has 1 aliphatic heterocycles. The molecule has 1 fully saturated rings. The van der Waals surface area contributed by atoms with E-state index < -0.39 is 12.0 Å². The van der Waals surface area contributed by atoms with Crippen molar-refractivity contribution < 1.29 is 19.5 Å².